The number of carboxylic acids is 1. The van der Waals surface area contributed by atoms with E-state index in [1.165, 1.54) is 31.2 Å². The van der Waals surface area contributed by atoms with E-state index in [-0.39, 0.29) is 11.5 Å². The van der Waals surface area contributed by atoms with Crippen molar-refractivity contribution in [2.45, 2.75) is 67.2 Å². The maximum absolute atomic E-state index is 13.2. The van der Waals surface area contributed by atoms with Crippen molar-refractivity contribution in [1.29, 1.82) is 0 Å². The molecule has 6 aromatic heterocycles. The second-order valence-corrected chi connectivity index (χ2v) is 20.5. The molecule has 2 aliphatic heterocycles. The minimum Gasteiger partial charge on any atom is -0.492 e. The Hall–Kier alpha value is -9.06. The Morgan fingerprint density at radius 1 is 0.556 bits per heavy atom. The van der Waals surface area contributed by atoms with Crippen molar-refractivity contribution >= 4 is 67.3 Å². The number of carbonyl (C=O) groups excluding carboxylic acids is 1. The summed E-state index contributed by atoms with van der Waals surface area (Å²) in [6.07, 6.45) is 8.52. The molecule has 0 bridgehead atoms. The van der Waals surface area contributed by atoms with Crippen LogP contribution in [-0.4, -0.2) is 99.2 Å². The topological polar surface area (TPSA) is 214 Å². The predicted octanol–water partition coefficient (Wildman–Crippen LogP) is 13.4. The molecule has 0 spiro atoms. The molecular formula is C64H66N8O9. The number of benzene rings is 4. The number of carbonyl (C=O) groups is 2. The third-order valence-corrected chi connectivity index (χ3v) is 14.1. The minimum absolute atomic E-state index is 0.179. The lowest BCUT2D eigenvalue weighted by Crippen LogP contribution is -2.25. The Balaban J connectivity index is 0.000000160. The molecule has 12 rings (SSSR count). The van der Waals surface area contributed by atoms with Gasteiger partial charge in [0.05, 0.1) is 16.6 Å². The second-order valence-electron chi connectivity index (χ2n) is 20.5. The molecule has 1 amide bonds. The molecule has 0 aliphatic carbocycles. The van der Waals surface area contributed by atoms with E-state index in [9.17, 15) is 14.7 Å². The van der Waals surface area contributed by atoms with Crippen molar-refractivity contribution in [3.8, 4) is 34.5 Å². The molecule has 416 valence electrons. The smallest absolute Gasteiger partial charge is 0.339 e. The number of pyridine rings is 4. The van der Waals surface area contributed by atoms with Gasteiger partial charge in [0, 0.05) is 82.7 Å². The Morgan fingerprint density at radius 3 is 1.49 bits per heavy atom. The third-order valence-electron chi connectivity index (χ3n) is 14.1. The molecule has 17 heteroatoms. The highest BCUT2D eigenvalue weighted by molar-refractivity contribution is 6.13. The summed E-state index contributed by atoms with van der Waals surface area (Å²) >= 11 is 0. The predicted molar refractivity (Wildman–Crippen MR) is 315 cm³/mol. The SMILES string of the molecule is Cc1cc(C)nc(N)c1.Cc1cc(C)nc(NC(=O)c2c(C)oc3cc(Oc4ccnc5cc(OCCN6CCCC6)ccc45)ccc23)c1.Cc1oc2cc(Oc3ccnc4cc(OCCN5CCCC5)ccc34)ccc2c1C(=O)O. The Bertz CT molecular complexity index is 3830. The molecule has 2 aliphatic rings. The van der Waals surface area contributed by atoms with E-state index >= 15 is 0 Å². The number of aromatic nitrogens is 4. The molecule has 0 unspecified atom stereocenters. The molecule has 0 radical (unpaired) electrons. The second kappa shape index (κ2) is 24.9. The lowest BCUT2D eigenvalue weighted by molar-refractivity contribution is 0.0696. The van der Waals surface area contributed by atoms with Gasteiger partial charge in [0.2, 0.25) is 0 Å². The summed E-state index contributed by atoms with van der Waals surface area (Å²) in [7, 11) is 0. The van der Waals surface area contributed by atoms with E-state index in [4.69, 9.17) is 33.5 Å². The van der Waals surface area contributed by atoms with Gasteiger partial charge in [0.1, 0.15) is 87.6 Å². The number of aryl methyl sites for hydroxylation is 6. The maximum Gasteiger partial charge on any atom is 0.339 e. The van der Waals surface area contributed by atoms with Crippen LogP contribution in [-0.2, 0) is 0 Å². The molecular weight excluding hydrogens is 1020 g/mol. The fourth-order valence-electron chi connectivity index (χ4n) is 10.4. The zero-order valence-electron chi connectivity index (χ0n) is 46.5. The largest absolute Gasteiger partial charge is 0.492 e. The highest BCUT2D eigenvalue weighted by Crippen LogP contribution is 2.37. The molecule has 10 aromatic rings. The van der Waals surface area contributed by atoms with Gasteiger partial charge in [0.15, 0.2) is 0 Å². The summed E-state index contributed by atoms with van der Waals surface area (Å²) in [6.45, 7) is 19.1. The molecule has 8 heterocycles. The van der Waals surface area contributed by atoms with Gasteiger partial charge in [-0.25, -0.2) is 14.8 Å². The van der Waals surface area contributed by atoms with E-state index < -0.39 is 5.97 Å². The van der Waals surface area contributed by atoms with Crippen molar-refractivity contribution in [2.75, 3.05) is 63.5 Å². The monoisotopic (exact) mass is 1090 g/mol. The quantitative estimate of drug-likeness (QED) is 0.0870. The van der Waals surface area contributed by atoms with E-state index in [0.717, 1.165) is 89.5 Å². The number of nitrogens with one attached hydrogen (secondary N) is 1. The van der Waals surface area contributed by atoms with Crippen LogP contribution >= 0.6 is 0 Å². The van der Waals surface area contributed by atoms with Crippen LogP contribution in [0.2, 0.25) is 0 Å². The van der Waals surface area contributed by atoms with Gasteiger partial charge >= 0.3 is 5.97 Å². The van der Waals surface area contributed by atoms with Gasteiger partial charge in [-0.3, -0.25) is 24.6 Å². The molecule has 4 aromatic carbocycles. The first kappa shape index (κ1) is 55.3. The van der Waals surface area contributed by atoms with Crippen LogP contribution in [0.1, 0.15) is 80.4 Å². The number of likely N-dealkylation sites (tertiary alicyclic amines) is 2. The zero-order chi connectivity index (χ0) is 56.6. The molecule has 81 heavy (non-hydrogen) atoms. The van der Waals surface area contributed by atoms with Gasteiger partial charge in [-0.1, -0.05) is 0 Å². The summed E-state index contributed by atoms with van der Waals surface area (Å²) in [6, 6.07) is 33.6. The standard InChI is InChI=1S/C32H32N4O4.C25H24N2O5.C7H10N2/c1-20-16-21(2)34-30(17-20)35-32(37)31-22(3)39-29-19-24(7-9-26(29)31)40-28-10-11-33-27-18-23(6-8-25(27)28)38-15-14-36-12-4-5-13-36;1-16-24(25(28)29)20-7-5-18(15-23(20)31-16)32-22-8-9-26-21-14-17(4-6-19(21)22)30-13-12-27-10-2-3-11-27;1-5-3-6(2)9-7(8)4-5/h6-11,16-19H,4-5,12-15H2,1-3H3,(H,34,35,37);4-9,14-15H,2-3,10-13H2,1H3,(H,28,29);3-4H,1-2H3,(H2,8,9). The summed E-state index contributed by atoms with van der Waals surface area (Å²) in [5.41, 5.74) is 12.8. The highest BCUT2D eigenvalue weighted by atomic mass is 16.5. The molecule has 2 fully saturated rings. The van der Waals surface area contributed by atoms with Gasteiger partial charge in [-0.15, -0.1) is 0 Å². The van der Waals surface area contributed by atoms with Gasteiger partial charge in [-0.05, 0) is 189 Å². The van der Waals surface area contributed by atoms with Crippen LogP contribution in [0.5, 0.6) is 34.5 Å². The van der Waals surface area contributed by atoms with Crippen molar-refractivity contribution in [2.24, 2.45) is 0 Å². The van der Waals surface area contributed by atoms with Gasteiger partial charge in [0.25, 0.3) is 5.91 Å². The third kappa shape index (κ3) is 13.7. The number of ether oxygens (including phenoxy) is 4. The number of nitrogens with two attached hydrogens (primary N) is 1. The number of rotatable bonds is 15. The number of aromatic carboxylic acids is 1. The van der Waals surface area contributed by atoms with E-state index in [2.05, 4.69) is 35.1 Å². The molecule has 17 nitrogen and oxygen atoms in total. The van der Waals surface area contributed by atoms with Gasteiger partial charge in [-0.2, -0.15) is 0 Å². The van der Waals surface area contributed by atoms with Crippen LogP contribution < -0.4 is 30.0 Å². The maximum atomic E-state index is 13.2. The lowest BCUT2D eigenvalue weighted by atomic mass is 10.1. The van der Waals surface area contributed by atoms with Crippen molar-refractivity contribution in [1.82, 2.24) is 29.7 Å². The number of hydrogen-bond donors (Lipinski definition) is 3. The fourth-order valence-corrected chi connectivity index (χ4v) is 10.4. The summed E-state index contributed by atoms with van der Waals surface area (Å²) in [5, 5.41) is 15.3. The fraction of sp³-hybridized carbons (Fsp3) is 0.281. The number of fused-ring (bicyclic) bond motifs is 4. The van der Waals surface area contributed by atoms with Crippen LogP contribution in [0.4, 0.5) is 11.6 Å². The Labute approximate surface area is 469 Å². The first-order valence-electron chi connectivity index (χ1n) is 27.3. The van der Waals surface area contributed by atoms with E-state index in [0.29, 0.717) is 86.9 Å². The first-order valence-corrected chi connectivity index (χ1v) is 27.3. The Kier molecular flexibility index (Phi) is 17.0. The molecule has 4 N–H and O–H groups in total. The number of anilines is 2. The Morgan fingerprint density at radius 2 is 1.01 bits per heavy atom. The average molecular weight is 1090 g/mol. The number of nitrogens with zero attached hydrogens (tertiary/aromatic N) is 6. The number of furan rings is 2. The summed E-state index contributed by atoms with van der Waals surface area (Å²) in [4.78, 5) is 46.9. The van der Waals surface area contributed by atoms with Gasteiger partial charge < -0.3 is 43.9 Å². The summed E-state index contributed by atoms with van der Waals surface area (Å²) < 4.78 is 35.9. The van der Waals surface area contributed by atoms with Crippen LogP contribution in [0, 0.1) is 41.5 Å². The molecule has 0 atom stereocenters. The minimum atomic E-state index is -1.01. The summed E-state index contributed by atoms with van der Waals surface area (Å²) in [5.74, 6) is 4.82. The van der Waals surface area contributed by atoms with Crippen LogP contribution in [0.15, 0.2) is 130 Å². The van der Waals surface area contributed by atoms with E-state index in [1.807, 2.05) is 107 Å². The van der Waals surface area contributed by atoms with Crippen molar-refractivity contribution in [3.05, 3.63) is 167 Å². The number of nitrogen functional groups attached to an aromatic ring is 1. The number of hydrogen-bond acceptors (Lipinski definition) is 15. The number of amides is 1. The number of carboxylic acid groups (broad SMARTS) is 1. The van der Waals surface area contributed by atoms with Crippen LogP contribution in [0.3, 0.4) is 0 Å². The van der Waals surface area contributed by atoms with Crippen molar-refractivity contribution in [3.63, 3.8) is 0 Å². The molecule has 0 saturated carbocycles. The first-order chi connectivity index (χ1) is 39.2. The molecule has 2 saturated heterocycles. The van der Waals surface area contributed by atoms with Crippen LogP contribution in [0.25, 0.3) is 43.7 Å². The zero-order valence-corrected chi connectivity index (χ0v) is 46.5. The average Bonchev–Trinajstić information content (AvgIpc) is 4.34. The highest BCUT2D eigenvalue weighted by Gasteiger charge is 2.22. The van der Waals surface area contributed by atoms with E-state index in [1.54, 1.807) is 56.6 Å². The van der Waals surface area contributed by atoms with Crippen molar-refractivity contribution < 1.29 is 42.5 Å². The normalized spacial score (nSPS) is 13.5. The lowest BCUT2D eigenvalue weighted by Gasteiger charge is -2.15.